The van der Waals surface area contributed by atoms with Crippen LogP contribution in [0, 0.1) is 11.3 Å². The van der Waals surface area contributed by atoms with Crippen LogP contribution in [0.2, 0.25) is 0 Å². The minimum absolute atomic E-state index is 0.0448. The zero-order chi connectivity index (χ0) is 15.7. The van der Waals surface area contributed by atoms with E-state index >= 15 is 0 Å². The minimum Gasteiger partial charge on any atom is -0.464 e. The first-order valence-corrected chi connectivity index (χ1v) is 7.54. The summed E-state index contributed by atoms with van der Waals surface area (Å²) < 4.78 is 9.98. The Labute approximate surface area is 126 Å². The van der Waals surface area contributed by atoms with Crippen LogP contribution in [-0.4, -0.2) is 24.8 Å². The molecular formula is C16H25NO4. The lowest BCUT2D eigenvalue weighted by atomic mass is 9.83. The fourth-order valence-corrected chi connectivity index (χ4v) is 3.41. The van der Waals surface area contributed by atoms with E-state index in [0.29, 0.717) is 0 Å². The molecule has 118 valence electrons. The molecule has 2 fully saturated rings. The van der Waals surface area contributed by atoms with E-state index in [1.165, 1.54) is 20.0 Å². The number of fused-ring (bicyclic) bond motifs is 2. The lowest BCUT2D eigenvalue weighted by molar-refractivity contribution is -0.136. The van der Waals surface area contributed by atoms with Crippen molar-refractivity contribution in [2.24, 2.45) is 11.3 Å². The molecule has 5 nitrogen and oxygen atoms in total. The van der Waals surface area contributed by atoms with Gasteiger partial charge < -0.3 is 9.47 Å². The maximum Gasteiger partial charge on any atom is 0.412 e. The fourth-order valence-electron chi connectivity index (χ4n) is 3.41. The standard InChI is InChI=1S/C16H25NO4/c1-15(2,3)21-14(19)17-12(13(18)20-4)10-16-7-5-11(9-16)6-8-16/h10-11H,5-9H2,1-4H3,(H,17,19)/b12-10-. The number of methoxy groups -OCH3 is 1. The van der Waals surface area contributed by atoms with Crippen LogP contribution >= 0.6 is 0 Å². The molecule has 0 saturated heterocycles. The molecule has 2 bridgehead atoms. The Hall–Kier alpha value is -1.52. The molecule has 1 N–H and O–H groups in total. The van der Waals surface area contributed by atoms with Crippen LogP contribution in [0.5, 0.6) is 0 Å². The second-order valence-corrected chi connectivity index (χ2v) is 7.19. The summed E-state index contributed by atoms with van der Waals surface area (Å²) >= 11 is 0. The van der Waals surface area contributed by atoms with E-state index in [1.54, 1.807) is 20.8 Å². The predicted octanol–water partition coefficient (Wildman–Crippen LogP) is 3.15. The number of rotatable bonds is 3. The van der Waals surface area contributed by atoms with Crippen molar-refractivity contribution in [1.82, 2.24) is 5.32 Å². The molecule has 0 heterocycles. The van der Waals surface area contributed by atoms with Crippen LogP contribution < -0.4 is 5.32 Å². The number of alkyl carbamates (subject to hydrolysis) is 1. The molecule has 0 aliphatic heterocycles. The summed E-state index contributed by atoms with van der Waals surface area (Å²) in [5.74, 6) is 0.243. The molecule has 5 heteroatoms. The van der Waals surface area contributed by atoms with E-state index in [4.69, 9.17) is 9.47 Å². The largest absolute Gasteiger partial charge is 0.464 e. The number of carbonyl (C=O) groups excluding carboxylic acids is 2. The van der Waals surface area contributed by atoms with Crippen molar-refractivity contribution in [2.75, 3.05) is 7.11 Å². The number of amides is 1. The van der Waals surface area contributed by atoms with Gasteiger partial charge in [0.2, 0.25) is 0 Å². The Kier molecular flexibility index (Phi) is 4.30. The summed E-state index contributed by atoms with van der Waals surface area (Å²) in [4.78, 5) is 23.8. The third-order valence-electron chi connectivity index (χ3n) is 4.29. The minimum atomic E-state index is -0.622. The summed E-state index contributed by atoms with van der Waals surface area (Å²) in [5.41, 5.74) is -0.354. The number of allylic oxidation sites excluding steroid dienone is 1. The first kappa shape index (κ1) is 15.9. The van der Waals surface area contributed by atoms with Crippen LogP contribution in [0.3, 0.4) is 0 Å². The Morgan fingerprint density at radius 1 is 1.24 bits per heavy atom. The number of carbonyl (C=O) groups is 2. The molecule has 0 radical (unpaired) electrons. The Bertz CT molecular complexity index is 453. The summed E-state index contributed by atoms with van der Waals surface area (Å²) in [7, 11) is 1.32. The van der Waals surface area contributed by atoms with Crippen LogP contribution in [-0.2, 0) is 14.3 Å². The van der Waals surface area contributed by atoms with Crippen molar-refractivity contribution in [3.8, 4) is 0 Å². The smallest absolute Gasteiger partial charge is 0.412 e. The van der Waals surface area contributed by atoms with Crippen molar-refractivity contribution in [3.63, 3.8) is 0 Å². The summed E-state index contributed by atoms with van der Waals surface area (Å²) in [6.45, 7) is 5.35. The molecule has 2 saturated carbocycles. The first-order valence-electron chi connectivity index (χ1n) is 7.54. The van der Waals surface area contributed by atoms with Gasteiger partial charge in [0.1, 0.15) is 11.3 Å². The highest BCUT2D eigenvalue weighted by atomic mass is 16.6. The zero-order valence-electron chi connectivity index (χ0n) is 13.3. The molecule has 0 aromatic carbocycles. The van der Waals surface area contributed by atoms with Gasteiger partial charge in [0, 0.05) is 0 Å². The maximum absolute atomic E-state index is 11.9. The molecule has 2 aliphatic carbocycles. The molecule has 2 aliphatic rings. The van der Waals surface area contributed by atoms with Crippen molar-refractivity contribution >= 4 is 12.1 Å². The van der Waals surface area contributed by atoms with Gasteiger partial charge in [-0.1, -0.05) is 0 Å². The van der Waals surface area contributed by atoms with Gasteiger partial charge in [0.25, 0.3) is 0 Å². The van der Waals surface area contributed by atoms with E-state index < -0.39 is 17.7 Å². The second kappa shape index (κ2) is 5.70. The summed E-state index contributed by atoms with van der Waals surface area (Å²) in [6, 6.07) is 0. The van der Waals surface area contributed by atoms with Crippen molar-refractivity contribution < 1.29 is 19.1 Å². The molecule has 0 aromatic rings. The van der Waals surface area contributed by atoms with Gasteiger partial charge in [0.15, 0.2) is 0 Å². The van der Waals surface area contributed by atoms with Gasteiger partial charge in [0.05, 0.1) is 7.11 Å². The summed E-state index contributed by atoms with van der Waals surface area (Å²) in [6.07, 6.45) is 6.94. The molecule has 0 atom stereocenters. The third kappa shape index (κ3) is 3.99. The second-order valence-electron chi connectivity index (χ2n) is 7.19. The predicted molar refractivity (Wildman–Crippen MR) is 78.5 cm³/mol. The van der Waals surface area contributed by atoms with Crippen LogP contribution in [0.25, 0.3) is 0 Å². The lowest BCUT2D eigenvalue weighted by Crippen LogP contribution is -2.35. The highest BCUT2D eigenvalue weighted by Crippen LogP contribution is 2.55. The van der Waals surface area contributed by atoms with Crippen molar-refractivity contribution in [2.45, 2.75) is 58.5 Å². The van der Waals surface area contributed by atoms with E-state index in [1.807, 2.05) is 6.08 Å². The topological polar surface area (TPSA) is 64.6 Å². The lowest BCUT2D eigenvalue weighted by Gasteiger charge is -2.24. The Morgan fingerprint density at radius 2 is 1.86 bits per heavy atom. The van der Waals surface area contributed by atoms with Gasteiger partial charge in [-0.2, -0.15) is 0 Å². The van der Waals surface area contributed by atoms with Crippen LogP contribution in [0.4, 0.5) is 4.79 Å². The molecule has 21 heavy (non-hydrogen) atoms. The van der Waals surface area contributed by atoms with E-state index in [0.717, 1.165) is 25.2 Å². The molecular weight excluding hydrogens is 270 g/mol. The van der Waals surface area contributed by atoms with Gasteiger partial charge >= 0.3 is 12.1 Å². The van der Waals surface area contributed by atoms with Crippen molar-refractivity contribution in [3.05, 3.63) is 11.8 Å². The van der Waals surface area contributed by atoms with E-state index in [9.17, 15) is 9.59 Å². The number of hydrogen-bond donors (Lipinski definition) is 1. The number of esters is 1. The highest BCUT2D eigenvalue weighted by Gasteiger charge is 2.44. The normalized spacial score (nSPS) is 28.4. The highest BCUT2D eigenvalue weighted by molar-refractivity contribution is 5.92. The van der Waals surface area contributed by atoms with Gasteiger partial charge in [-0.05, 0) is 70.3 Å². The number of hydrogen-bond acceptors (Lipinski definition) is 4. The average molecular weight is 295 g/mol. The maximum atomic E-state index is 11.9. The Balaban J connectivity index is 2.12. The Morgan fingerprint density at radius 3 is 2.29 bits per heavy atom. The van der Waals surface area contributed by atoms with Gasteiger partial charge in [-0.3, -0.25) is 5.32 Å². The van der Waals surface area contributed by atoms with Crippen LogP contribution in [0.15, 0.2) is 11.8 Å². The average Bonchev–Trinajstić information content (AvgIpc) is 2.94. The fraction of sp³-hybridized carbons (Fsp3) is 0.750. The molecule has 2 rings (SSSR count). The molecule has 0 spiro atoms. The third-order valence-corrected chi connectivity index (χ3v) is 4.29. The quantitative estimate of drug-likeness (QED) is 0.641. The zero-order valence-corrected chi connectivity index (χ0v) is 13.3. The molecule has 0 aromatic heterocycles. The van der Waals surface area contributed by atoms with Gasteiger partial charge in [-0.25, -0.2) is 9.59 Å². The summed E-state index contributed by atoms with van der Waals surface area (Å²) in [5, 5.41) is 2.55. The van der Waals surface area contributed by atoms with Crippen LogP contribution in [0.1, 0.15) is 52.9 Å². The van der Waals surface area contributed by atoms with E-state index in [2.05, 4.69) is 5.32 Å². The van der Waals surface area contributed by atoms with Crippen molar-refractivity contribution in [1.29, 1.82) is 0 Å². The van der Waals surface area contributed by atoms with Gasteiger partial charge in [-0.15, -0.1) is 0 Å². The molecule has 0 unspecified atom stereocenters. The first-order chi connectivity index (χ1) is 9.73. The monoisotopic (exact) mass is 295 g/mol. The number of ether oxygens (including phenoxy) is 2. The van der Waals surface area contributed by atoms with E-state index in [-0.39, 0.29) is 11.1 Å². The number of nitrogens with one attached hydrogen (secondary N) is 1. The molecule has 1 amide bonds. The SMILES string of the molecule is COC(=O)/C(=C/C12CCC(CC1)C2)NC(=O)OC(C)(C)C.